The van der Waals surface area contributed by atoms with Gasteiger partial charge in [-0.1, -0.05) is 13.8 Å². The van der Waals surface area contributed by atoms with E-state index >= 15 is 0 Å². The largest absolute Gasteiger partial charge is 0.343 e. The first-order valence-corrected chi connectivity index (χ1v) is 19.6. The SMILES string of the molecule is CN[C@H](C)C(=O)N[C@H](C)C(=O)N1CCC[C@H]1Cn1c(-c2nc3cc(F)ccc3n2C[C@@H]2CCCN2C(=O)[C@H](NC(=O)[C@@H](C)NC)C(C)C)nc2cc(F)ccc21. The molecule has 2 aliphatic rings. The molecule has 2 saturated heterocycles. The minimum Gasteiger partial charge on any atom is -0.343 e. The summed E-state index contributed by atoms with van der Waals surface area (Å²) in [5.41, 5.74) is 2.07. The van der Waals surface area contributed by atoms with Crippen molar-refractivity contribution in [3.05, 3.63) is 48.0 Å². The number of rotatable bonds is 14. The average Bonchev–Trinajstić information content (AvgIpc) is 3.98. The Hall–Kier alpha value is -4.96. The third-order valence-corrected chi connectivity index (χ3v) is 11.3. The third kappa shape index (κ3) is 8.26. The highest BCUT2D eigenvalue weighted by Gasteiger charge is 2.38. The Labute approximate surface area is 325 Å². The summed E-state index contributed by atoms with van der Waals surface area (Å²) in [5.74, 6) is -1.17. The molecule has 0 aliphatic carbocycles. The Balaban J connectivity index is 1.37. The summed E-state index contributed by atoms with van der Waals surface area (Å²) < 4.78 is 33.3. The van der Waals surface area contributed by atoms with Crippen molar-refractivity contribution in [3.8, 4) is 11.6 Å². The molecule has 16 heteroatoms. The van der Waals surface area contributed by atoms with Crippen LogP contribution in [0.1, 0.15) is 60.3 Å². The smallest absolute Gasteiger partial charge is 0.245 e. The number of benzene rings is 2. The molecule has 6 atom stereocenters. The molecular weight excluding hydrogens is 723 g/mol. The van der Waals surface area contributed by atoms with Gasteiger partial charge in [0.25, 0.3) is 0 Å². The maximum absolute atomic E-state index is 14.7. The van der Waals surface area contributed by atoms with E-state index in [1.807, 2.05) is 27.9 Å². The number of halogens is 2. The van der Waals surface area contributed by atoms with Crippen LogP contribution in [0.25, 0.3) is 33.7 Å². The monoisotopic (exact) mass is 776 g/mol. The zero-order valence-corrected chi connectivity index (χ0v) is 33.2. The molecule has 2 fully saturated rings. The van der Waals surface area contributed by atoms with Gasteiger partial charge in [0.15, 0.2) is 11.6 Å². The lowest BCUT2D eigenvalue weighted by molar-refractivity contribution is -0.139. The van der Waals surface area contributed by atoms with E-state index in [0.29, 0.717) is 72.7 Å². The summed E-state index contributed by atoms with van der Waals surface area (Å²) in [4.78, 5) is 66.9. The molecule has 0 bridgehead atoms. The molecular formula is C40H54F2N10O4. The number of amides is 4. The van der Waals surface area contributed by atoms with Crippen molar-refractivity contribution in [3.63, 3.8) is 0 Å². The van der Waals surface area contributed by atoms with Crippen molar-refractivity contribution in [2.45, 2.75) is 110 Å². The predicted molar refractivity (Wildman–Crippen MR) is 209 cm³/mol. The van der Waals surface area contributed by atoms with Gasteiger partial charge in [0.1, 0.15) is 23.7 Å². The van der Waals surface area contributed by atoms with Crippen LogP contribution in [-0.4, -0.2) is 116 Å². The molecule has 2 aromatic heterocycles. The van der Waals surface area contributed by atoms with E-state index in [9.17, 15) is 28.0 Å². The zero-order valence-electron chi connectivity index (χ0n) is 33.2. The van der Waals surface area contributed by atoms with Crippen molar-refractivity contribution in [2.24, 2.45) is 5.92 Å². The lowest BCUT2D eigenvalue weighted by atomic mass is 10.0. The zero-order chi connectivity index (χ0) is 40.4. The molecule has 0 unspecified atom stereocenters. The quantitative estimate of drug-likeness (QED) is 0.152. The van der Waals surface area contributed by atoms with Crippen molar-refractivity contribution in [1.29, 1.82) is 0 Å². The summed E-state index contributed by atoms with van der Waals surface area (Å²) in [5, 5.41) is 11.6. The minimum atomic E-state index is -0.751. The minimum absolute atomic E-state index is 0.164. The van der Waals surface area contributed by atoms with Gasteiger partial charge in [-0.05, 0) is 90.7 Å². The Kier molecular flexibility index (Phi) is 12.4. The number of hydrogen-bond donors (Lipinski definition) is 4. The number of hydrogen-bond acceptors (Lipinski definition) is 8. The van der Waals surface area contributed by atoms with E-state index in [0.717, 1.165) is 12.8 Å². The van der Waals surface area contributed by atoms with Crippen molar-refractivity contribution < 1.29 is 28.0 Å². The van der Waals surface area contributed by atoms with E-state index < -0.39 is 35.8 Å². The standard InChI is InChI=1S/C40H54F2N10O4/c1-22(2)34(48-38(54)24(4)44-7)40(56)50-17-9-11-29(50)21-52-33-15-13-27(42)19-31(33)47-36(52)35-46-30-18-26(41)12-14-32(30)51(35)20-28-10-8-16-49(28)39(55)25(5)45-37(53)23(3)43-6/h12-15,18-19,22-25,28-29,34,43-44H,8-11,16-17,20-21H2,1-7H3,(H,45,53)(H,48,54)/t23-,24-,25-,28+,29+,34-/m1/s1. The number of fused-ring (bicyclic) bond motifs is 2. The molecule has 2 aromatic carbocycles. The first-order valence-electron chi connectivity index (χ1n) is 19.6. The van der Waals surface area contributed by atoms with Crippen molar-refractivity contribution >= 4 is 45.7 Å². The van der Waals surface area contributed by atoms with Crippen LogP contribution in [0.3, 0.4) is 0 Å². The van der Waals surface area contributed by atoms with Crippen LogP contribution in [0.15, 0.2) is 36.4 Å². The number of likely N-dealkylation sites (N-methyl/N-ethyl adjacent to an activating group) is 2. The Morgan fingerprint density at radius 1 is 0.679 bits per heavy atom. The van der Waals surface area contributed by atoms with Crippen molar-refractivity contribution in [2.75, 3.05) is 27.2 Å². The lowest BCUT2D eigenvalue weighted by Gasteiger charge is -2.32. The fraction of sp³-hybridized carbons (Fsp3) is 0.550. The Bertz CT molecular complexity index is 2100. The summed E-state index contributed by atoms with van der Waals surface area (Å²) in [6.45, 7) is 10.6. The second kappa shape index (κ2) is 17.0. The first-order chi connectivity index (χ1) is 26.7. The highest BCUT2D eigenvalue weighted by atomic mass is 19.1. The molecule has 0 radical (unpaired) electrons. The van der Waals surface area contributed by atoms with Crippen LogP contribution in [0.5, 0.6) is 0 Å². The number of nitrogens with one attached hydrogen (secondary N) is 4. The third-order valence-electron chi connectivity index (χ3n) is 11.3. The molecule has 0 spiro atoms. The van der Waals surface area contributed by atoms with Gasteiger partial charge in [0.05, 0.1) is 34.2 Å². The Morgan fingerprint density at radius 3 is 1.57 bits per heavy atom. The van der Waals surface area contributed by atoms with Gasteiger partial charge in [-0.3, -0.25) is 19.2 Å². The summed E-state index contributed by atoms with van der Waals surface area (Å²) in [6, 6.07) is 5.80. The van der Waals surface area contributed by atoms with Crippen LogP contribution in [0.2, 0.25) is 0 Å². The first kappa shape index (κ1) is 40.7. The van der Waals surface area contributed by atoms with E-state index in [2.05, 4.69) is 21.3 Å². The van der Waals surface area contributed by atoms with Gasteiger partial charge >= 0.3 is 0 Å². The van der Waals surface area contributed by atoms with Crippen LogP contribution >= 0.6 is 0 Å². The summed E-state index contributed by atoms with van der Waals surface area (Å²) in [7, 11) is 3.37. The van der Waals surface area contributed by atoms with E-state index in [-0.39, 0.29) is 41.6 Å². The number of carbonyl (C=O) groups is 4. The second-order valence-electron chi connectivity index (χ2n) is 15.5. The van der Waals surface area contributed by atoms with Crippen LogP contribution in [0, 0.1) is 17.6 Å². The summed E-state index contributed by atoms with van der Waals surface area (Å²) in [6.07, 6.45) is 2.91. The van der Waals surface area contributed by atoms with Gasteiger partial charge < -0.3 is 40.2 Å². The highest BCUT2D eigenvalue weighted by molar-refractivity contribution is 5.91. The normalized spacial score (nSPS) is 19.5. The van der Waals surface area contributed by atoms with E-state index in [4.69, 9.17) is 9.97 Å². The molecule has 4 amide bonds. The second-order valence-corrected chi connectivity index (χ2v) is 15.5. The van der Waals surface area contributed by atoms with E-state index in [1.165, 1.54) is 24.3 Å². The molecule has 4 N–H and O–H groups in total. The van der Waals surface area contributed by atoms with Gasteiger partial charge in [0.2, 0.25) is 23.6 Å². The lowest BCUT2D eigenvalue weighted by Crippen LogP contribution is -2.55. The molecule has 4 aromatic rings. The van der Waals surface area contributed by atoms with Gasteiger partial charge in [-0.2, -0.15) is 0 Å². The number of carbonyl (C=O) groups excluding carboxylic acids is 4. The number of nitrogens with zero attached hydrogens (tertiary/aromatic N) is 6. The molecule has 4 heterocycles. The topological polar surface area (TPSA) is 159 Å². The van der Waals surface area contributed by atoms with Crippen LogP contribution in [-0.2, 0) is 32.3 Å². The fourth-order valence-corrected chi connectivity index (χ4v) is 7.85. The molecule has 6 rings (SSSR count). The maximum atomic E-state index is 14.7. The molecule has 2 aliphatic heterocycles. The van der Waals surface area contributed by atoms with Crippen molar-refractivity contribution in [1.82, 2.24) is 50.2 Å². The van der Waals surface area contributed by atoms with Crippen LogP contribution < -0.4 is 21.3 Å². The predicted octanol–water partition coefficient (Wildman–Crippen LogP) is 3.17. The molecule has 56 heavy (non-hydrogen) atoms. The van der Waals surface area contributed by atoms with Crippen LogP contribution in [0.4, 0.5) is 8.78 Å². The molecule has 302 valence electrons. The summed E-state index contributed by atoms with van der Waals surface area (Å²) >= 11 is 0. The number of likely N-dealkylation sites (tertiary alicyclic amines) is 2. The molecule has 0 saturated carbocycles. The number of aromatic nitrogens is 4. The Morgan fingerprint density at radius 2 is 1.12 bits per heavy atom. The van der Waals surface area contributed by atoms with Gasteiger partial charge in [-0.15, -0.1) is 0 Å². The average molecular weight is 777 g/mol. The van der Waals surface area contributed by atoms with Gasteiger partial charge in [-0.25, -0.2) is 18.7 Å². The van der Waals surface area contributed by atoms with Gasteiger partial charge in [0, 0.05) is 50.4 Å². The van der Waals surface area contributed by atoms with E-state index in [1.54, 1.807) is 51.9 Å². The molecule has 14 nitrogen and oxygen atoms in total. The maximum Gasteiger partial charge on any atom is 0.245 e. The number of imidazole rings is 2. The fourth-order valence-electron chi connectivity index (χ4n) is 7.85. The highest BCUT2D eigenvalue weighted by Crippen LogP contribution is 2.33.